The molecule has 118 valence electrons. The van der Waals surface area contributed by atoms with Gasteiger partial charge in [0.25, 0.3) is 0 Å². The minimum Gasteiger partial charge on any atom is -0.284 e. The highest BCUT2D eigenvalue weighted by Crippen LogP contribution is 2.34. The maximum absolute atomic E-state index is 12.4. The van der Waals surface area contributed by atoms with Crippen LogP contribution in [0, 0.1) is 0 Å². The van der Waals surface area contributed by atoms with Crippen LogP contribution in [0.2, 0.25) is 0 Å². The number of hydrogen-bond acceptors (Lipinski definition) is 6. The first-order valence-corrected chi connectivity index (χ1v) is 9.05. The third kappa shape index (κ3) is 2.83. The zero-order valence-corrected chi connectivity index (χ0v) is 14.1. The highest BCUT2D eigenvalue weighted by molar-refractivity contribution is 8.28. The summed E-state index contributed by atoms with van der Waals surface area (Å²) in [5, 5.41) is 1.08. The Morgan fingerprint density at radius 2 is 1.00 bits per heavy atom. The van der Waals surface area contributed by atoms with E-state index in [4.69, 9.17) is 0 Å². The SMILES string of the molecule is O=C1SC(c2ccccc2)=NC1C1N=C(c2ccccc2)SC1=O. The summed E-state index contributed by atoms with van der Waals surface area (Å²) in [4.78, 5) is 33.7. The highest BCUT2D eigenvalue weighted by atomic mass is 32.2. The first-order chi connectivity index (χ1) is 11.7. The van der Waals surface area contributed by atoms with Gasteiger partial charge in [0.15, 0.2) is 12.1 Å². The van der Waals surface area contributed by atoms with Gasteiger partial charge in [-0.15, -0.1) is 0 Å². The molecule has 0 saturated heterocycles. The molecular weight excluding hydrogens is 340 g/mol. The first-order valence-electron chi connectivity index (χ1n) is 7.42. The number of aliphatic imine (C=N–C) groups is 2. The maximum atomic E-state index is 12.4. The normalized spacial score (nSPS) is 23.3. The lowest BCUT2D eigenvalue weighted by Crippen LogP contribution is -2.30. The minimum absolute atomic E-state index is 0.120. The molecule has 24 heavy (non-hydrogen) atoms. The third-order valence-corrected chi connectivity index (χ3v) is 5.69. The van der Waals surface area contributed by atoms with Gasteiger partial charge >= 0.3 is 0 Å². The monoisotopic (exact) mass is 352 g/mol. The van der Waals surface area contributed by atoms with Gasteiger partial charge in [-0.25, -0.2) is 0 Å². The van der Waals surface area contributed by atoms with Gasteiger partial charge in [-0.3, -0.25) is 19.6 Å². The average molecular weight is 352 g/mol. The van der Waals surface area contributed by atoms with E-state index in [2.05, 4.69) is 9.98 Å². The molecule has 2 heterocycles. The van der Waals surface area contributed by atoms with Gasteiger partial charge in [0.05, 0.1) is 0 Å². The molecular formula is C18H12N2O2S2. The van der Waals surface area contributed by atoms with Crippen molar-refractivity contribution in [1.29, 1.82) is 0 Å². The van der Waals surface area contributed by atoms with Gasteiger partial charge in [-0.05, 0) is 23.5 Å². The molecule has 2 aliphatic heterocycles. The lowest BCUT2D eigenvalue weighted by Gasteiger charge is -2.07. The molecule has 0 aromatic heterocycles. The third-order valence-electron chi connectivity index (χ3n) is 3.73. The molecule has 0 aliphatic carbocycles. The lowest BCUT2D eigenvalue weighted by atomic mass is 10.1. The second-order valence-corrected chi connectivity index (χ2v) is 7.32. The Balaban J connectivity index is 1.64. The number of thioether (sulfide) groups is 2. The molecule has 4 rings (SSSR count). The second-order valence-electron chi connectivity index (χ2n) is 5.33. The predicted octanol–water partition coefficient (Wildman–Crippen LogP) is 3.16. The molecule has 2 aliphatic rings. The van der Waals surface area contributed by atoms with E-state index in [0.29, 0.717) is 10.1 Å². The van der Waals surface area contributed by atoms with E-state index in [-0.39, 0.29) is 10.2 Å². The Labute approximate surface area is 147 Å². The summed E-state index contributed by atoms with van der Waals surface area (Å²) in [6.07, 6.45) is 0. The predicted molar refractivity (Wildman–Crippen MR) is 98.7 cm³/mol. The topological polar surface area (TPSA) is 58.9 Å². The van der Waals surface area contributed by atoms with Gasteiger partial charge in [-0.1, -0.05) is 60.7 Å². The second kappa shape index (κ2) is 6.37. The zero-order valence-electron chi connectivity index (χ0n) is 12.5. The van der Waals surface area contributed by atoms with Crippen LogP contribution in [0.3, 0.4) is 0 Å². The van der Waals surface area contributed by atoms with Crippen molar-refractivity contribution < 1.29 is 9.59 Å². The summed E-state index contributed by atoms with van der Waals surface area (Å²) < 4.78 is 0. The van der Waals surface area contributed by atoms with E-state index in [1.165, 1.54) is 0 Å². The van der Waals surface area contributed by atoms with E-state index < -0.39 is 12.1 Å². The largest absolute Gasteiger partial charge is 0.284 e. The molecule has 0 bridgehead atoms. The van der Waals surface area contributed by atoms with Crippen LogP contribution in [0.15, 0.2) is 70.6 Å². The van der Waals surface area contributed by atoms with E-state index in [0.717, 1.165) is 34.7 Å². The fourth-order valence-corrected chi connectivity index (χ4v) is 4.38. The number of nitrogens with zero attached hydrogens (tertiary/aromatic N) is 2. The Morgan fingerprint density at radius 3 is 1.38 bits per heavy atom. The fourth-order valence-electron chi connectivity index (χ4n) is 2.55. The van der Waals surface area contributed by atoms with Crippen LogP contribution < -0.4 is 0 Å². The molecule has 0 fully saturated rings. The minimum atomic E-state index is -0.730. The van der Waals surface area contributed by atoms with Crippen molar-refractivity contribution in [1.82, 2.24) is 0 Å². The van der Waals surface area contributed by atoms with Crippen molar-refractivity contribution in [2.24, 2.45) is 9.98 Å². The smallest absolute Gasteiger partial charge is 0.222 e. The van der Waals surface area contributed by atoms with Crippen molar-refractivity contribution in [3.8, 4) is 0 Å². The van der Waals surface area contributed by atoms with Crippen molar-refractivity contribution in [3.63, 3.8) is 0 Å². The Bertz CT molecular complexity index is 790. The summed E-state index contributed by atoms with van der Waals surface area (Å²) in [7, 11) is 0. The first kappa shape index (κ1) is 15.4. The molecule has 0 spiro atoms. The molecule has 2 aromatic carbocycles. The molecule has 6 heteroatoms. The average Bonchev–Trinajstić information content (AvgIpc) is 3.19. The van der Waals surface area contributed by atoms with E-state index >= 15 is 0 Å². The highest BCUT2D eigenvalue weighted by Gasteiger charge is 2.42. The maximum Gasteiger partial charge on any atom is 0.222 e. The molecule has 0 amide bonds. The van der Waals surface area contributed by atoms with Crippen molar-refractivity contribution in [2.45, 2.75) is 12.1 Å². The molecule has 4 nitrogen and oxygen atoms in total. The van der Waals surface area contributed by atoms with Crippen LogP contribution in [-0.4, -0.2) is 32.4 Å². The zero-order chi connectivity index (χ0) is 16.5. The molecule has 0 N–H and O–H groups in total. The lowest BCUT2D eigenvalue weighted by molar-refractivity contribution is -0.117. The Hall–Kier alpha value is -2.18. The van der Waals surface area contributed by atoms with Crippen LogP contribution >= 0.6 is 23.5 Å². The van der Waals surface area contributed by atoms with Crippen molar-refractivity contribution >= 4 is 43.8 Å². The standard InChI is InChI=1S/C18H12N2O2S2/c21-17-13(19-15(23-17)11-7-3-1-4-8-11)14-18(22)24-16(20-14)12-9-5-2-6-10-12/h1-10,13-14H. The summed E-state index contributed by atoms with van der Waals surface area (Å²) in [6.45, 7) is 0. The van der Waals surface area contributed by atoms with Crippen molar-refractivity contribution in [2.75, 3.05) is 0 Å². The van der Waals surface area contributed by atoms with Crippen molar-refractivity contribution in [3.05, 3.63) is 71.8 Å². The van der Waals surface area contributed by atoms with Crippen LogP contribution in [-0.2, 0) is 9.59 Å². The van der Waals surface area contributed by atoms with Gasteiger partial charge in [0.1, 0.15) is 10.1 Å². The van der Waals surface area contributed by atoms with Crippen LogP contribution in [0.1, 0.15) is 11.1 Å². The van der Waals surface area contributed by atoms with Gasteiger partial charge in [-0.2, -0.15) is 0 Å². The summed E-state index contributed by atoms with van der Waals surface area (Å²) >= 11 is 2.19. The molecule has 0 radical (unpaired) electrons. The Kier molecular flexibility index (Phi) is 4.08. The van der Waals surface area contributed by atoms with Crippen LogP contribution in [0.5, 0.6) is 0 Å². The van der Waals surface area contributed by atoms with Crippen LogP contribution in [0.25, 0.3) is 0 Å². The number of hydrogen-bond donors (Lipinski definition) is 0. The van der Waals surface area contributed by atoms with E-state index in [1.54, 1.807) is 0 Å². The fraction of sp³-hybridized carbons (Fsp3) is 0.111. The number of rotatable bonds is 3. The molecule has 2 atom stereocenters. The van der Waals surface area contributed by atoms with Gasteiger partial charge in [0.2, 0.25) is 10.2 Å². The number of benzene rings is 2. The summed E-state index contributed by atoms with van der Waals surface area (Å²) in [6, 6.07) is 17.6. The molecule has 2 unspecified atom stereocenters. The van der Waals surface area contributed by atoms with Gasteiger partial charge in [0, 0.05) is 11.1 Å². The summed E-state index contributed by atoms with van der Waals surface area (Å²) in [5.41, 5.74) is 1.78. The quantitative estimate of drug-likeness (QED) is 0.851. The molecule has 2 aromatic rings. The van der Waals surface area contributed by atoms with Crippen LogP contribution in [0.4, 0.5) is 0 Å². The molecule has 0 saturated carbocycles. The number of carbonyl (C=O) groups excluding carboxylic acids is 2. The van der Waals surface area contributed by atoms with E-state index in [9.17, 15) is 9.59 Å². The van der Waals surface area contributed by atoms with Gasteiger partial charge < -0.3 is 0 Å². The van der Waals surface area contributed by atoms with E-state index in [1.807, 2.05) is 60.7 Å². The Morgan fingerprint density at radius 1 is 0.625 bits per heavy atom. The number of carbonyl (C=O) groups is 2. The summed E-state index contributed by atoms with van der Waals surface area (Å²) in [5.74, 6) is 0.